The Kier molecular flexibility index (Phi) is 9.35. The minimum absolute atomic E-state index is 0. The molecule has 0 saturated carbocycles. The van der Waals surface area contributed by atoms with Crippen molar-refractivity contribution in [1.82, 2.24) is 15.8 Å². The van der Waals surface area contributed by atoms with Crippen LogP contribution in [-0.2, 0) is 13.0 Å². The van der Waals surface area contributed by atoms with Crippen LogP contribution in [0.5, 0.6) is 0 Å². The molecule has 0 spiro atoms. The number of aryl methyl sites for hydroxylation is 1. The third-order valence-electron chi connectivity index (χ3n) is 3.43. The monoisotopic (exact) mass is 506 g/mol. The summed E-state index contributed by atoms with van der Waals surface area (Å²) in [4.78, 5) is 4.57. The average molecular weight is 507 g/mol. The van der Waals surface area contributed by atoms with Crippen LogP contribution in [0.4, 0.5) is 0 Å². The SMILES string of the molecule is CCNC(=NCc1cc(CC)no1)NC(C)c1ccccc1Br.I. The number of aliphatic imine (C=N–C) groups is 1. The van der Waals surface area contributed by atoms with Gasteiger partial charge in [-0.05, 0) is 31.9 Å². The number of rotatable bonds is 6. The lowest BCUT2D eigenvalue weighted by atomic mass is 10.1. The van der Waals surface area contributed by atoms with E-state index in [1.165, 1.54) is 5.56 Å². The van der Waals surface area contributed by atoms with Crippen LogP contribution in [-0.4, -0.2) is 17.7 Å². The van der Waals surface area contributed by atoms with E-state index in [2.05, 4.69) is 56.6 Å². The highest BCUT2D eigenvalue weighted by Crippen LogP contribution is 2.22. The third kappa shape index (κ3) is 6.08. The van der Waals surface area contributed by atoms with Gasteiger partial charge < -0.3 is 15.2 Å². The number of hydrogen-bond acceptors (Lipinski definition) is 3. The first-order valence-electron chi connectivity index (χ1n) is 7.87. The summed E-state index contributed by atoms with van der Waals surface area (Å²) >= 11 is 3.59. The van der Waals surface area contributed by atoms with E-state index < -0.39 is 0 Å². The summed E-state index contributed by atoms with van der Waals surface area (Å²) in [6, 6.07) is 10.2. The summed E-state index contributed by atoms with van der Waals surface area (Å²) in [5, 5.41) is 10.7. The van der Waals surface area contributed by atoms with Crippen LogP contribution in [0, 0.1) is 0 Å². The molecule has 2 rings (SSSR count). The smallest absolute Gasteiger partial charge is 0.192 e. The number of aromatic nitrogens is 1. The maximum atomic E-state index is 5.27. The van der Waals surface area contributed by atoms with Gasteiger partial charge in [0, 0.05) is 17.1 Å². The molecule has 2 aromatic rings. The van der Waals surface area contributed by atoms with E-state index in [-0.39, 0.29) is 30.0 Å². The van der Waals surface area contributed by atoms with Gasteiger partial charge >= 0.3 is 0 Å². The quantitative estimate of drug-likeness (QED) is 0.345. The molecule has 132 valence electrons. The van der Waals surface area contributed by atoms with Gasteiger partial charge in [0.05, 0.1) is 11.7 Å². The lowest BCUT2D eigenvalue weighted by molar-refractivity contribution is 0.379. The second-order valence-electron chi connectivity index (χ2n) is 5.22. The van der Waals surface area contributed by atoms with E-state index in [1.54, 1.807) is 0 Å². The molecule has 0 bridgehead atoms. The Balaban J connectivity index is 0.00000288. The second-order valence-corrected chi connectivity index (χ2v) is 6.08. The van der Waals surface area contributed by atoms with Crippen molar-refractivity contribution >= 4 is 45.9 Å². The number of hydrogen-bond donors (Lipinski definition) is 2. The Labute approximate surface area is 168 Å². The largest absolute Gasteiger partial charge is 0.359 e. The van der Waals surface area contributed by atoms with Gasteiger partial charge in [0.2, 0.25) is 0 Å². The Morgan fingerprint density at radius 1 is 1.33 bits per heavy atom. The molecule has 5 nitrogen and oxygen atoms in total. The van der Waals surface area contributed by atoms with Crippen molar-refractivity contribution in [2.24, 2.45) is 4.99 Å². The van der Waals surface area contributed by atoms with Gasteiger partial charge in [-0.2, -0.15) is 0 Å². The molecule has 0 saturated heterocycles. The fourth-order valence-electron chi connectivity index (χ4n) is 2.18. The van der Waals surface area contributed by atoms with E-state index in [0.29, 0.717) is 6.54 Å². The van der Waals surface area contributed by atoms with E-state index in [4.69, 9.17) is 4.52 Å². The summed E-state index contributed by atoms with van der Waals surface area (Å²) in [6.07, 6.45) is 0.866. The standard InChI is InChI=1S/C17H23BrN4O.HI/c1-4-13-10-14(23-22-13)11-20-17(19-5-2)21-12(3)15-8-6-7-9-16(15)18;/h6-10,12H,4-5,11H2,1-3H3,(H2,19,20,21);1H. The number of guanidine groups is 1. The molecule has 0 aliphatic carbocycles. The lowest BCUT2D eigenvalue weighted by Crippen LogP contribution is -2.38. The summed E-state index contributed by atoms with van der Waals surface area (Å²) in [6.45, 7) is 7.46. The van der Waals surface area contributed by atoms with Gasteiger partial charge in [-0.3, -0.25) is 0 Å². The normalized spacial score (nSPS) is 12.4. The number of nitrogens with one attached hydrogen (secondary N) is 2. The fourth-order valence-corrected chi connectivity index (χ4v) is 2.81. The minimum atomic E-state index is 0. The van der Waals surface area contributed by atoms with Crippen LogP contribution < -0.4 is 10.6 Å². The summed E-state index contributed by atoms with van der Waals surface area (Å²) in [5.41, 5.74) is 2.14. The van der Waals surface area contributed by atoms with Crippen LogP contribution >= 0.6 is 39.9 Å². The first-order chi connectivity index (χ1) is 11.1. The molecule has 0 aliphatic heterocycles. The van der Waals surface area contributed by atoms with E-state index in [0.717, 1.165) is 34.9 Å². The van der Waals surface area contributed by atoms with Gasteiger partial charge in [0.25, 0.3) is 0 Å². The molecule has 0 fully saturated rings. The first-order valence-corrected chi connectivity index (χ1v) is 8.67. The molecule has 7 heteroatoms. The number of nitrogens with zero attached hydrogens (tertiary/aromatic N) is 2. The lowest BCUT2D eigenvalue weighted by Gasteiger charge is -2.19. The fraction of sp³-hybridized carbons (Fsp3) is 0.412. The van der Waals surface area contributed by atoms with Crippen molar-refractivity contribution in [1.29, 1.82) is 0 Å². The van der Waals surface area contributed by atoms with E-state index in [9.17, 15) is 0 Å². The van der Waals surface area contributed by atoms with Crippen LogP contribution in [0.3, 0.4) is 0 Å². The Morgan fingerprint density at radius 3 is 2.71 bits per heavy atom. The van der Waals surface area contributed by atoms with Gasteiger partial charge in [0.15, 0.2) is 11.7 Å². The predicted molar refractivity (Wildman–Crippen MR) is 112 cm³/mol. The summed E-state index contributed by atoms with van der Waals surface area (Å²) < 4.78 is 6.35. The molecule has 24 heavy (non-hydrogen) atoms. The molecule has 1 atom stereocenters. The Bertz CT molecular complexity index is 660. The molecule has 1 aromatic carbocycles. The van der Waals surface area contributed by atoms with Gasteiger partial charge in [-0.1, -0.05) is 46.2 Å². The molecule has 1 heterocycles. The summed E-state index contributed by atoms with van der Waals surface area (Å²) in [5.74, 6) is 1.53. The van der Waals surface area contributed by atoms with Gasteiger partial charge in [0.1, 0.15) is 6.54 Å². The van der Waals surface area contributed by atoms with Crippen LogP contribution in [0.25, 0.3) is 0 Å². The predicted octanol–water partition coefficient (Wildman–Crippen LogP) is 4.43. The van der Waals surface area contributed by atoms with Crippen LogP contribution in [0.1, 0.15) is 43.8 Å². The highest BCUT2D eigenvalue weighted by atomic mass is 127. The number of halogens is 2. The van der Waals surface area contributed by atoms with Gasteiger partial charge in [-0.15, -0.1) is 24.0 Å². The maximum Gasteiger partial charge on any atom is 0.192 e. The molecular formula is C17H24BrIN4O. The maximum absolute atomic E-state index is 5.27. The highest BCUT2D eigenvalue weighted by Gasteiger charge is 2.11. The molecule has 1 aromatic heterocycles. The molecule has 0 aliphatic rings. The Hall–Kier alpha value is -1.09. The highest BCUT2D eigenvalue weighted by molar-refractivity contribution is 14.0. The molecule has 0 amide bonds. The molecule has 2 N–H and O–H groups in total. The van der Waals surface area contributed by atoms with Crippen molar-refractivity contribution in [2.75, 3.05) is 6.54 Å². The minimum Gasteiger partial charge on any atom is -0.359 e. The van der Waals surface area contributed by atoms with E-state index in [1.807, 2.05) is 31.2 Å². The van der Waals surface area contributed by atoms with E-state index >= 15 is 0 Å². The van der Waals surface area contributed by atoms with Crippen molar-refractivity contribution in [2.45, 2.75) is 39.8 Å². The zero-order valence-corrected chi connectivity index (χ0v) is 18.1. The van der Waals surface area contributed by atoms with Crippen LogP contribution in [0.15, 0.2) is 44.3 Å². The topological polar surface area (TPSA) is 62.5 Å². The average Bonchev–Trinajstić information content (AvgIpc) is 3.01. The third-order valence-corrected chi connectivity index (χ3v) is 4.15. The Morgan fingerprint density at radius 2 is 2.08 bits per heavy atom. The molecular weight excluding hydrogens is 483 g/mol. The molecule has 0 radical (unpaired) electrons. The second kappa shape index (κ2) is 10.7. The van der Waals surface area contributed by atoms with Crippen molar-refractivity contribution in [3.05, 3.63) is 51.8 Å². The van der Waals surface area contributed by atoms with Crippen molar-refractivity contribution in [3.8, 4) is 0 Å². The van der Waals surface area contributed by atoms with Crippen LogP contribution in [0.2, 0.25) is 0 Å². The zero-order valence-electron chi connectivity index (χ0n) is 14.2. The number of benzene rings is 1. The first kappa shape index (κ1) is 21.0. The van der Waals surface area contributed by atoms with Crippen molar-refractivity contribution < 1.29 is 4.52 Å². The zero-order chi connectivity index (χ0) is 16.7. The molecule has 1 unspecified atom stereocenters. The van der Waals surface area contributed by atoms with Crippen molar-refractivity contribution in [3.63, 3.8) is 0 Å². The van der Waals surface area contributed by atoms with Gasteiger partial charge in [-0.25, -0.2) is 4.99 Å². The summed E-state index contributed by atoms with van der Waals surface area (Å²) in [7, 11) is 0.